The highest BCUT2D eigenvalue weighted by molar-refractivity contribution is 6.26. The normalized spacial score (nSPS) is 11.9. The van der Waals surface area contributed by atoms with Gasteiger partial charge in [0.15, 0.2) is 34.9 Å². The van der Waals surface area contributed by atoms with Crippen LogP contribution in [0.2, 0.25) is 0 Å². The van der Waals surface area contributed by atoms with Crippen molar-refractivity contribution in [1.29, 1.82) is 0 Å². The molecule has 0 unspecified atom stereocenters. The average Bonchev–Trinajstić information content (AvgIpc) is 1.55. The molecule has 26 rings (SSSR count). The molecule has 14 heteroatoms. The van der Waals surface area contributed by atoms with Crippen LogP contribution in [0.25, 0.3) is 255 Å². The number of nitrogens with zero attached hydrogens (tertiary/aromatic N) is 10. The van der Waals surface area contributed by atoms with E-state index in [2.05, 4.69) is 252 Å². The number of fused-ring (bicyclic) bond motifs is 24. The molecule has 0 amide bonds. The van der Waals surface area contributed by atoms with Crippen molar-refractivity contribution in [2.45, 2.75) is 0 Å². The van der Waals surface area contributed by atoms with Crippen molar-refractivity contribution >= 4 is 153 Å². The van der Waals surface area contributed by atoms with Gasteiger partial charge in [-0.05, 0) is 143 Å². The minimum Gasteiger partial charge on any atom is -0.456 e. The third-order valence-electron chi connectivity index (χ3n) is 23.7. The highest BCUT2D eigenvalue weighted by Crippen LogP contribution is 2.45. The van der Waals surface area contributed by atoms with Crippen LogP contribution in [0.15, 0.2) is 394 Å². The Kier molecular flexibility index (Phi) is 15.4. The molecule has 568 valence electrons. The number of para-hydroxylation sites is 6. The predicted octanol–water partition coefficient (Wildman–Crippen LogP) is 28.0. The average molecular weight is 1560 g/mol. The Hall–Kier alpha value is -16.8. The van der Waals surface area contributed by atoms with Crippen molar-refractivity contribution < 1.29 is 17.7 Å². The van der Waals surface area contributed by atoms with E-state index in [4.69, 9.17) is 57.5 Å². The summed E-state index contributed by atoms with van der Waals surface area (Å²) >= 11 is 0. The van der Waals surface area contributed by atoms with Gasteiger partial charge in [0.1, 0.15) is 56.3 Å². The van der Waals surface area contributed by atoms with E-state index in [1.54, 1.807) is 0 Å². The molecule has 0 aliphatic rings. The highest BCUT2D eigenvalue weighted by Gasteiger charge is 2.27. The van der Waals surface area contributed by atoms with E-state index in [1.165, 1.54) is 21.5 Å². The molecule has 26 aromatic rings. The highest BCUT2D eigenvalue weighted by atomic mass is 16.3. The van der Waals surface area contributed by atoms with E-state index >= 15 is 0 Å². The fourth-order valence-corrected chi connectivity index (χ4v) is 18.1. The molecule has 8 aromatic heterocycles. The third-order valence-corrected chi connectivity index (χ3v) is 23.7. The predicted molar refractivity (Wildman–Crippen MR) is 492 cm³/mol. The number of aromatic nitrogens is 10. The first kappa shape index (κ1) is 68.4. The summed E-state index contributed by atoms with van der Waals surface area (Å²) in [7, 11) is 0. The Bertz CT molecular complexity index is 8520. The Morgan fingerprint density at radius 2 is 0.451 bits per heavy atom. The lowest BCUT2D eigenvalue weighted by Crippen LogP contribution is -2.01. The molecule has 0 N–H and O–H groups in total. The number of hydrogen-bond donors (Lipinski definition) is 0. The van der Waals surface area contributed by atoms with Gasteiger partial charge in [0, 0.05) is 109 Å². The third kappa shape index (κ3) is 11.0. The zero-order chi connectivity index (χ0) is 80.0. The van der Waals surface area contributed by atoms with Gasteiger partial charge in [-0.2, -0.15) is 0 Å². The minimum absolute atomic E-state index is 0.507. The molecule has 8 heterocycles. The molecule has 0 aliphatic carbocycles. The molecule has 0 fully saturated rings. The van der Waals surface area contributed by atoms with Crippen molar-refractivity contribution in [2.75, 3.05) is 0 Å². The van der Waals surface area contributed by atoms with Crippen molar-refractivity contribution in [1.82, 2.24) is 49.0 Å². The van der Waals surface area contributed by atoms with Crippen molar-refractivity contribution in [3.8, 4) is 102 Å². The Balaban J connectivity index is 0.000000134. The van der Waals surface area contributed by atoms with Crippen LogP contribution in [-0.2, 0) is 0 Å². The first-order valence-corrected chi connectivity index (χ1v) is 40.6. The molecular formula is C108H62N10O4. The fraction of sp³-hybridized carbons (Fsp3) is 0. The fourth-order valence-electron chi connectivity index (χ4n) is 18.1. The summed E-state index contributed by atoms with van der Waals surface area (Å²) in [5.41, 5.74) is 19.4. The SMILES string of the molecule is c1ccc(-c2nc3c4ccccc4c4ccccc4c3n2-c2ccc(-c3nc(-c4ccc5oc6ccccc6c5c4)nc(-c4ccc5oc6ccccc6c5c4)n3)cc2)cc1.c1ccc(-c2nc3c4ccccc4c4ccccc4c3n2-c2ccc(-c3nc(-c4cccc5c4oc4ccccc45)nc(-c4cccc5c4oc4ccccc45)n3)cc2)cc1. The van der Waals surface area contributed by atoms with Gasteiger partial charge in [0.2, 0.25) is 0 Å². The summed E-state index contributed by atoms with van der Waals surface area (Å²) in [5.74, 6) is 4.99. The van der Waals surface area contributed by atoms with Gasteiger partial charge in [-0.25, -0.2) is 39.9 Å². The van der Waals surface area contributed by atoms with Crippen LogP contribution in [0.1, 0.15) is 0 Å². The molecule has 0 bridgehead atoms. The summed E-state index contributed by atoms with van der Waals surface area (Å²) < 4.78 is 30.0. The number of hydrogen-bond acceptors (Lipinski definition) is 12. The molecule has 0 saturated carbocycles. The first-order valence-electron chi connectivity index (χ1n) is 40.6. The summed E-state index contributed by atoms with van der Waals surface area (Å²) in [4.78, 5) is 41.8. The summed E-state index contributed by atoms with van der Waals surface area (Å²) in [6, 6.07) is 129. The molecule has 0 saturated heterocycles. The lowest BCUT2D eigenvalue weighted by atomic mass is 10.00. The van der Waals surface area contributed by atoms with Gasteiger partial charge < -0.3 is 17.7 Å². The second-order valence-electron chi connectivity index (χ2n) is 30.7. The van der Waals surface area contributed by atoms with E-state index in [9.17, 15) is 0 Å². The van der Waals surface area contributed by atoms with Crippen molar-refractivity contribution in [3.05, 3.63) is 376 Å². The topological polar surface area (TPSA) is 166 Å². The van der Waals surface area contributed by atoms with E-state index in [-0.39, 0.29) is 0 Å². The smallest absolute Gasteiger partial charge is 0.167 e. The molecular weight excluding hydrogens is 1500 g/mol. The van der Waals surface area contributed by atoms with Gasteiger partial charge in [0.25, 0.3) is 0 Å². The van der Waals surface area contributed by atoms with Gasteiger partial charge in [-0.3, -0.25) is 9.13 Å². The summed E-state index contributed by atoms with van der Waals surface area (Å²) in [6.07, 6.45) is 0. The van der Waals surface area contributed by atoms with Crippen LogP contribution in [0.5, 0.6) is 0 Å². The monoisotopic (exact) mass is 1560 g/mol. The van der Waals surface area contributed by atoms with E-state index in [0.717, 1.165) is 199 Å². The maximum absolute atomic E-state index is 6.51. The molecule has 0 radical (unpaired) electrons. The molecule has 14 nitrogen and oxygen atoms in total. The van der Waals surface area contributed by atoms with E-state index < -0.39 is 0 Å². The Morgan fingerprint density at radius 1 is 0.172 bits per heavy atom. The summed E-state index contributed by atoms with van der Waals surface area (Å²) in [6.45, 7) is 0. The van der Waals surface area contributed by atoms with Crippen LogP contribution in [0.4, 0.5) is 0 Å². The molecule has 0 atom stereocenters. The standard InChI is InChI=1S/2C54H31N5O2/c1-2-14-33(15-3-1)54-55-47-39-20-6-4-16-35(39)36-17-5-7-21-40(36)48(47)59(54)34-30-28-32(29-31-34)51-56-52(43-24-12-22-41-37-18-8-10-26-45(37)60-49(41)43)58-53(57-51)44-25-13-23-42-38-19-9-11-27-46(38)61-50(42)44;1-2-12-33(13-3-1)54-55-49-41-18-6-4-14-37(41)38-15-5-7-19-42(38)50(49)59(54)36-26-22-32(23-27-36)51-56-52(34-24-28-47-43(30-34)39-16-8-10-20-45(39)60-47)58-53(57-51)35-25-29-48-44(31-35)40-17-9-11-21-46(40)61-48/h2*1-31H. The van der Waals surface area contributed by atoms with Crippen LogP contribution < -0.4 is 0 Å². The van der Waals surface area contributed by atoms with Gasteiger partial charge in [0.05, 0.1) is 33.2 Å². The van der Waals surface area contributed by atoms with Crippen LogP contribution in [0.3, 0.4) is 0 Å². The van der Waals surface area contributed by atoms with Crippen LogP contribution >= 0.6 is 0 Å². The van der Waals surface area contributed by atoms with Gasteiger partial charge >= 0.3 is 0 Å². The maximum atomic E-state index is 6.51. The number of furan rings is 4. The quantitative estimate of drug-likeness (QED) is 0.119. The van der Waals surface area contributed by atoms with Crippen molar-refractivity contribution in [2.24, 2.45) is 0 Å². The number of imidazole rings is 2. The molecule has 0 spiro atoms. The van der Waals surface area contributed by atoms with Gasteiger partial charge in [-0.1, -0.05) is 255 Å². The zero-order valence-corrected chi connectivity index (χ0v) is 64.9. The first-order chi connectivity index (χ1) is 60.5. The number of benzene rings is 18. The van der Waals surface area contributed by atoms with E-state index in [0.29, 0.717) is 34.9 Å². The lowest BCUT2D eigenvalue weighted by molar-refractivity contribution is 0.668. The Morgan fingerprint density at radius 3 is 0.844 bits per heavy atom. The lowest BCUT2D eigenvalue weighted by Gasteiger charge is -2.13. The maximum Gasteiger partial charge on any atom is 0.167 e. The Labute approximate surface area is 693 Å². The zero-order valence-electron chi connectivity index (χ0n) is 64.9. The molecule has 18 aromatic carbocycles. The second-order valence-corrected chi connectivity index (χ2v) is 30.7. The largest absolute Gasteiger partial charge is 0.456 e. The van der Waals surface area contributed by atoms with Crippen LogP contribution in [0, 0.1) is 0 Å². The molecule has 0 aliphatic heterocycles. The number of rotatable bonds is 10. The minimum atomic E-state index is 0.507. The van der Waals surface area contributed by atoms with E-state index in [1.807, 2.05) is 133 Å². The summed E-state index contributed by atoms with van der Waals surface area (Å²) in [5, 5.41) is 17.5. The van der Waals surface area contributed by atoms with Gasteiger partial charge in [-0.15, -0.1) is 0 Å². The molecule has 122 heavy (non-hydrogen) atoms. The second kappa shape index (κ2) is 27.4. The van der Waals surface area contributed by atoms with Crippen LogP contribution in [-0.4, -0.2) is 49.0 Å². The van der Waals surface area contributed by atoms with Crippen molar-refractivity contribution in [3.63, 3.8) is 0 Å².